The third-order valence-corrected chi connectivity index (χ3v) is 0. The molecule has 11 heavy (non-hydrogen) atoms. The van der Waals surface area contributed by atoms with Crippen molar-refractivity contribution in [2.45, 2.75) is 9.88 Å². The van der Waals surface area contributed by atoms with Crippen molar-refractivity contribution in [2.75, 3.05) is 0 Å². The normalized spacial score (nSPS) is 5.27. The zero-order valence-electron chi connectivity index (χ0n) is 5.84. The maximum absolute atomic E-state index is 8.25. The molecule has 0 spiro atoms. The van der Waals surface area contributed by atoms with E-state index in [1.54, 1.807) is 0 Å². The Bertz CT molecular complexity index is 86.8. The van der Waals surface area contributed by atoms with Gasteiger partial charge < -0.3 is 30.6 Å². The van der Waals surface area contributed by atoms with E-state index in [4.69, 9.17) is 30.6 Å². The summed E-state index contributed by atoms with van der Waals surface area (Å²) in [6.45, 7) is 0. The van der Waals surface area contributed by atoms with Crippen molar-refractivity contribution in [3.63, 3.8) is 0 Å². The molecular weight excluding hydrogens is 267 g/mol. The molecule has 0 unspecified atom stereocenters. The van der Waals surface area contributed by atoms with Crippen LogP contribution in [0.3, 0.4) is 0 Å². The summed E-state index contributed by atoms with van der Waals surface area (Å²) in [5.74, 6) is 0. The predicted molar refractivity (Wildman–Crippen MR) is 38.2 cm³/mol. The van der Waals surface area contributed by atoms with Crippen LogP contribution in [0.15, 0.2) is 0 Å². The van der Waals surface area contributed by atoms with Gasteiger partial charge in [0, 0.05) is 0 Å². The molecule has 0 aliphatic heterocycles. The number of nitrogens with zero attached hydrogens (tertiary/aromatic N) is 2. The Kier molecular flexibility index (Phi) is 24.4. The van der Waals surface area contributed by atoms with E-state index in [1.165, 1.54) is 0 Å². The second kappa shape index (κ2) is 16.1. The van der Waals surface area contributed by atoms with Gasteiger partial charge >= 0.3 is 31.0 Å². The average molecular weight is 273 g/mol. The molecule has 0 aliphatic rings. The molecule has 0 aliphatic carbocycles. The van der Waals surface area contributed by atoms with Crippen molar-refractivity contribution in [3.05, 3.63) is 30.6 Å². The molecule has 8 nitrogen and oxygen atoms in total. The monoisotopic (exact) mass is 274 g/mol. The van der Waals surface area contributed by atoms with Gasteiger partial charge in [-0.2, -0.15) is 0 Å². The molecule has 0 heterocycles. The molecule has 0 amide bonds. The van der Waals surface area contributed by atoms with Crippen molar-refractivity contribution in [1.82, 2.24) is 0 Å². The van der Waals surface area contributed by atoms with Gasteiger partial charge in [-0.25, -0.2) is 0 Å². The third-order valence-electron chi connectivity index (χ3n) is 0. The van der Waals surface area contributed by atoms with Crippen LogP contribution in [0, 0.1) is 30.6 Å². The Morgan fingerprint density at radius 3 is 0.909 bits per heavy atom. The quantitative estimate of drug-likeness (QED) is 0.354. The van der Waals surface area contributed by atoms with Gasteiger partial charge in [-0.3, -0.25) is 0 Å². The molecule has 9 heteroatoms. The molecule has 0 saturated heterocycles. The summed E-state index contributed by atoms with van der Waals surface area (Å²) in [4.78, 5) is 21.1. The second-order valence-corrected chi connectivity index (χ2v) is 3.80. The van der Waals surface area contributed by atoms with Crippen molar-refractivity contribution < 1.29 is 10.2 Å². The summed E-state index contributed by atoms with van der Waals surface area (Å²) in [5.41, 5.74) is 0. The number of hydrogen-bond donors (Lipinski definition) is 0. The molecule has 0 N–H and O–H groups in total. The van der Waals surface area contributed by atoms with Crippen LogP contribution in [0.4, 0.5) is 0 Å². The Labute approximate surface area is 72.3 Å². The van der Waals surface area contributed by atoms with Crippen LogP contribution in [-0.2, 0) is 0 Å². The van der Waals surface area contributed by atoms with Gasteiger partial charge in [0.25, 0.3) is 0 Å². The minimum absolute atomic E-state index is 0.230. The molecule has 0 bridgehead atoms. The zero-order valence-corrected chi connectivity index (χ0v) is 8.70. The first-order chi connectivity index (χ1) is 4.88. The van der Waals surface area contributed by atoms with Gasteiger partial charge in [-0.05, 0) is 0 Å². The van der Waals surface area contributed by atoms with E-state index >= 15 is 0 Å². The molecule has 0 fully saturated rings. The Hall–Kier alpha value is -0.801. The van der Waals surface area contributed by atoms with E-state index in [0.29, 0.717) is 0 Å². The van der Waals surface area contributed by atoms with E-state index in [1.807, 2.05) is 0 Å². The minimum atomic E-state index is -1.75. The molecule has 0 aromatic rings. The molecule has 0 aromatic carbocycles. The fourth-order valence-corrected chi connectivity index (χ4v) is 0. The molecule has 64 valence electrons. The fraction of sp³-hybridized carbons (Fsp3) is 1.00. The van der Waals surface area contributed by atoms with Gasteiger partial charge in [0.05, 0.1) is 10.2 Å². The SMILES string of the molecule is O=[N+]([O-])[O-].O=[N+]([O-])[O-].[CH3][Sn+2][CH3]. The van der Waals surface area contributed by atoms with E-state index in [-0.39, 0.29) is 21.1 Å². The molecule has 0 atom stereocenters. The third kappa shape index (κ3) is 742. The van der Waals surface area contributed by atoms with Crippen LogP contribution in [-0.4, -0.2) is 31.3 Å². The van der Waals surface area contributed by atoms with Crippen molar-refractivity contribution >= 4 is 21.1 Å². The van der Waals surface area contributed by atoms with Crippen molar-refractivity contribution in [1.29, 1.82) is 0 Å². The van der Waals surface area contributed by atoms with Crippen LogP contribution in [0.5, 0.6) is 0 Å². The van der Waals surface area contributed by atoms with Gasteiger partial charge in [0.1, 0.15) is 0 Å². The summed E-state index contributed by atoms with van der Waals surface area (Å²) in [7, 11) is 0. The van der Waals surface area contributed by atoms with Crippen LogP contribution >= 0.6 is 0 Å². The zero-order chi connectivity index (χ0) is 9.86. The molecule has 0 rings (SSSR count). The van der Waals surface area contributed by atoms with Crippen LogP contribution in [0.25, 0.3) is 0 Å². The van der Waals surface area contributed by atoms with E-state index in [9.17, 15) is 0 Å². The molecule has 0 radical (unpaired) electrons. The van der Waals surface area contributed by atoms with Crippen LogP contribution in [0.1, 0.15) is 0 Å². The number of hydrogen-bond acceptors (Lipinski definition) is 6. The first-order valence-electron chi connectivity index (χ1n) is 2.10. The Balaban J connectivity index is -0.0000000886. The first kappa shape index (κ1) is 16.7. The van der Waals surface area contributed by atoms with Crippen LogP contribution in [0.2, 0.25) is 9.88 Å². The summed E-state index contributed by atoms with van der Waals surface area (Å²) in [5, 5.41) is 29.5. The first-order valence-corrected chi connectivity index (χ1v) is 7.80. The standard InChI is InChI=1S/2CH3.2NO3.Sn/c;;2*2-1(3)4;/h2*1H3;;;/q;;2*-1;+2. The Morgan fingerprint density at radius 2 is 0.909 bits per heavy atom. The topological polar surface area (TPSA) is 132 Å². The predicted octanol–water partition coefficient (Wildman–Crippen LogP) is 0.309. The van der Waals surface area contributed by atoms with Gasteiger partial charge in [0.2, 0.25) is 0 Å². The van der Waals surface area contributed by atoms with Gasteiger partial charge in [-0.1, -0.05) is 0 Å². The molecule has 0 saturated carbocycles. The summed E-state index contributed by atoms with van der Waals surface area (Å²) < 4.78 is 0. The maximum atomic E-state index is 8.25. The summed E-state index contributed by atoms with van der Waals surface area (Å²) >= 11 is 0.230. The van der Waals surface area contributed by atoms with Crippen LogP contribution < -0.4 is 0 Å². The second-order valence-electron chi connectivity index (χ2n) is 0.947. The Morgan fingerprint density at radius 1 is 0.909 bits per heavy atom. The number of rotatable bonds is 0. The molecule has 0 aromatic heterocycles. The van der Waals surface area contributed by atoms with Crippen molar-refractivity contribution in [2.24, 2.45) is 0 Å². The average Bonchev–Trinajstić information content (AvgIpc) is 1.60. The fourth-order valence-electron chi connectivity index (χ4n) is 0. The van der Waals surface area contributed by atoms with E-state index in [2.05, 4.69) is 9.88 Å². The summed E-state index contributed by atoms with van der Waals surface area (Å²) in [6, 6.07) is 0. The summed E-state index contributed by atoms with van der Waals surface area (Å²) in [6.07, 6.45) is 0. The van der Waals surface area contributed by atoms with E-state index in [0.717, 1.165) is 0 Å². The molecular formula is C2H6N2O6Sn. The van der Waals surface area contributed by atoms with Gasteiger partial charge in [-0.15, -0.1) is 0 Å². The van der Waals surface area contributed by atoms with E-state index < -0.39 is 10.2 Å². The van der Waals surface area contributed by atoms with Gasteiger partial charge in [0.15, 0.2) is 0 Å². The van der Waals surface area contributed by atoms with Crippen molar-refractivity contribution in [3.8, 4) is 0 Å².